The average molecular weight is 241 g/mol. The van der Waals surface area contributed by atoms with Crippen LogP contribution in [-0.2, 0) is 4.74 Å². The van der Waals surface area contributed by atoms with Gasteiger partial charge in [-0.2, -0.15) is 0 Å². The quantitative estimate of drug-likeness (QED) is 0.882. The summed E-state index contributed by atoms with van der Waals surface area (Å²) in [5.41, 5.74) is 1.70. The number of para-hydroxylation sites is 1. The van der Waals surface area contributed by atoms with Gasteiger partial charge in [-0.15, -0.1) is 0 Å². The molecule has 92 valence electrons. The van der Waals surface area contributed by atoms with Gasteiger partial charge in [-0.05, 0) is 24.6 Å². The number of anilines is 1. The molecule has 0 saturated heterocycles. The molecule has 0 aliphatic rings. The van der Waals surface area contributed by atoms with Gasteiger partial charge in [0.15, 0.2) is 0 Å². The maximum absolute atomic E-state index is 11.7. The van der Waals surface area contributed by atoms with Crippen LogP contribution in [0.2, 0.25) is 0 Å². The molecule has 1 N–H and O–H groups in total. The van der Waals surface area contributed by atoms with Gasteiger partial charge in [0.25, 0.3) is 0 Å². The van der Waals surface area contributed by atoms with E-state index < -0.39 is 6.09 Å². The minimum absolute atomic E-state index is 0.269. The van der Waals surface area contributed by atoms with Gasteiger partial charge in [-0.3, -0.25) is 5.32 Å². The van der Waals surface area contributed by atoms with E-state index in [1.165, 1.54) is 0 Å². The lowest BCUT2D eigenvalue weighted by Crippen LogP contribution is -2.15. The molecule has 18 heavy (non-hydrogen) atoms. The summed E-state index contributed by atoms with van der Waals surface area (Å²) < 4.78 is 5.29. The third kappa shape index (κ3) is 3.35. The van der Waals surface area contributed by atoms with Crippen molar-refractivity contribution in [2.24, 2.45) is 0 Å². The fourth-order valence-electron chi connectivity index (χ4n) is 1.62. The molecule has 0 aromatic heterocycles. The van der Waals surface area contributed by atoms with Gasteiger partial charge < -0.3 is 4.74 Å². The van der Waals surface area contributed by atoms with Crippen LogP contribution < -0.4 is 5.32 Å². The number of hydrogen-bond acceptors (Lipinski definition) is 2. The number of rotatable bonds is 3. The Kier molecular flexibility index (Phi) is 3.97. The second-order valence-corrected chi connectivity index (χ2v) is 3.95. The van der Waals surface area contributed by atoms with Crippen molar-refractivity contribution in [3.05, 3.63) is 66.2 Å². The zero-order valence-electron chi connectivity index (χ0n) is 10.2. The Morgan fingerprint density at radius 2 is 1.56 bits per heavy atom. The zero-order valence-corrected chi connectivity index (χ0v) is 10.2. The van der Waals surface area contributed by atoms with E-state index in [1.54, 1.807) is 0 Å². The van der Waals surface area contributed by atoms with Crippen molar-refractivity contribution in [2.75, 3.05) is 5.32 Å². The minimum Gasteiger partial charge on any atom is -0.441 e. The SMILES string of the molecule is CC(OC(=O)Nc1ccccc1)c1ccccc1. The van der Waals surface area contributed by atoms with Crippen LogP contribution in [0.5, 0.6) is 0 Å². The summed E-state index contributed by atoms with van der Waals surface area (Å²) in [5, 5.41) is 2.68. The molecule has 0 aliphatic heterocycles. The van der Waals surface area contributed by atoms with Crippen LogP contribution >= 0.6 is 0 Å². The van der Waals surface area contributed by atoms with Gasteiger partial charge in [-0.1, -0.05) is 48.5 Å². The van der Waals surface area contributed by atoms with Gasteiger partial charge >= 0.3 is 6.09 Å². The number of amides is 1. The van der Waals surface area contributed by atoms with Crippen LogP contribution in [0.15, 0.2) is 60.7 Å². The number of benzene rings is 2. The standard InChI is InChI=1S/C15H15NO2/c1-12(13-8-4-2-5-9-13)18-15(17)16-14-10-6-3-7-11-14/h2-12H,1H3,(H,16,17). The van der Waals surface area contributed by atoms with Gasteiger partial charge in [0.05, 0.1) is 0 Å². The highest BCUT2D eigenvalue weighted by atomic mass is 16.6. The molecule has 0 fully saturated rings. The molecule has 1 atom stereocenters. The van der Waals surface area contributed by atoms with E-state index in [0.717, 1.165) is 11.3 Å². The van der Waals surface area contributed by atoms with Gasteiger partial charge in [-0.25, -0.2) is 4.79 Å². The van der Waals surface area contributed by atoms with Crippen LogP contribution in [0.25, 0.3) is 0 Å². The average Bonchev–Trinajstić information content (AvgIpc) is 2.40. The number of hydrogen-bond donors (Lipinski definition) is 1. The molecule has 0 bridgehead atoms. The maximum atomic E-state index is 11.7. The van der Waals surface area contributed by atoms with Crippen LogP contribution in [0, 0.1) is 0 Å². The van der Waals surface area contributed by atoms with Crippen molar-refractivity contribution in [1.29, 1.82) is 0 Å². The highest BCUT2D eigenvalue weighted by Crippen LogP contribution is 2.17. The van der Waals surface area contributed by atoms with Crippen LogP contribution in [0.4, 0.5) is 10.5 Å². The molecule has 2 aromatic carbocycles. The Balaban J connectivity index is 1.92. The lowest BCUT2D eigenvalue weighted by atomic mass is 10.1. The Morgan fingerprint density at radius 3 is 2.17 bits per heavy atom. The first-order chi connectivity index (χ1) is 8.75. The molecule has 3 nitrogen and oxygen atoms in total. The van der Waals surface area contributed by atoms with Crippen molar-refractivity contribution in [3.63, 3.8) is 0 Å². The van der Waals surface area contributed by atoms with Crippen molar-refractivity contribution in [1.82, 2.24) is 0 Å². The van der Waals surface area contributed by atoms with E-state index >= 15 is 0 Å². The smallest absolute Gasteiger partial charge is 0.412 e. The van der Waals surface area contributed by atoms with Crippen LogP contribution in [-0.4, -0.2) is 6.09 Å². The lowest BCUT2D eigenvalue weighted by molar-refractivity contribution is 0.121. The fourth-order valence-corrected chi connectivity index (χ4v) is 1.62. The number of nitrogens with one attached hydrogen (secondary N) is 1. The highest BCUT2D eigenvalue weighted by Gasteiger charge is 2.10. The summed E-state index contributed by atoms with van der Waals surface area (Å²) >= 11 is 0. The molecule has 3 heteroatoms. The van der Waals surface area contributed by atoms with Crippen LogP contribution in [0.1, 0.15) is 18.6 Å². The summed E-state index contributed by atoms with van der Waals surface area (Å²) in [7, 11) is 0. The summed E-state index contributed by atoms with van der Waals surface area (Å²) in [6.07, 6.45) is -0.715. The molecule has 2 aromatic rings. The fraction of sp³-hybridized carbons (Fsp3) is 0.133. The first-order valence-corrected chi connectivity index (χ1v) is 5.83. The molecule has 0 saturated carbocycles. The van der Waals surface area contributed by atoms with E-state index in [-0.39, 0.29) is 6.10 Å². The summed E-state index contributed by atoms with van der Waals surface area (Å²) in [4.78, 5) is 11.7. The highest BCUT2D eigenvalue weighted by molar-refractivity contribution is 5.84. The number of carbonyl (C=O) groups excluding carboxylic acids is 1. The molecule has 0 radical (unpaired) electrons. The summed E-state index contributed by atoms with van der Waals surface area (Å²) in [5.74, 6) is 0. The van der Waals surface area contributed by atoms with Crippen molar-refractivity contribution >= 4 is 11.8 Å². The molecule has 0 spiro atoms. The third-order valence-corrected chi connectivity index (χ3v) is 2.57. The Morgan fingerprint density at radius 1 is 1.00 bits per heavy atom. The first-order valence-electron chi connectivity index (χ1n) is 5.83. The second-order valence-electron chi connectivity index (χ2n) is 3.95. The number of carbonyl (C=O) groups is 1. The molecule has 0 aliphatic carbocycles. The minimum atomic E-state index is -0.447. The molecule has 0 heterocycles. The maximum Gasteiger partial charge on any atom is 0.412 e. The second kappa shape index (κ2) is 5.87. The van der Waals surface area contributed by atoms with E-state index in [0.29, 0.717) is 0 Å². The van der Waals surface area contributed by atoms with Crippen molar-refractivity contribution < 1.29 is 9.53 Å². The lowest BCUT2D eigenvalue weighted by Gasteiger charge is -2.14. The third-order valence-electron chi connectivity index (χ3n) is 2.57. The summed E-state index contributed by atoms with van der Waals surface area (Å²) in [6, 6.07) is 18.9. The topological polar surface area (TPSA) is 38.3 Å². The predicted octanol–water partition coefficient (Wildman–Crippen LogP) is 4.00. The monoisotopic (exact) mass is 241 g/mol. The van der Waals surface area contributed by atoms with Gasteiger partial charge in [0.1, 0.15) is 6.10 Å². The Labute approximate surface area is 106 Å². The van der Waals surface area contributed by atoms with E-state index in [9.17, 15) is 4.79 Å². The number of ether oxygens (including phenoxy) is 1. The Bertz CT molecular complexity index is 496. The predicted molar refractivity (Wildman–Crippen MR) is 71.4 cm³/mol. The van der Waals surface area contributed by atoms with Crippen LogP contribution in [0.3, 0.4) is 0 Å². The molecule has 1 unspecified atom stereocenters. The van der Waals surface area contributed by atoms with Crippen molar-refractivity contribution in [2.45, 2.75) is 13.0 Å². The van der Waals surface area contributed by atoms with Gasteiger partial charge in [0.2, 0.25) is 0 Å². The van der Waals surface area contributed by atoms with Gasteiger partial charge in [0, 0.05) is 5.69 Å². The van der Waals surface area contributed by atoms with E-state index in [1.807, 2.05) is 67.6 Å². The van der Waals surface area contributed by atoms with E-state index in [2.05, 4.69) is 5.32 Å². The largest absolute Gasteiger partial charge is 0.441 e. The van der Waals surface area contributed by atoms with Crippen molar-refractivity contribution in [3.8, 4) is 0 Å². The summed E-state index contributed by atoms with van der Waals surface area (Å²) in [6.45, 7) is 1.85. The zero-order chi connectivity index (χ0) is 12.8. The normalized spacial score (nSPS) is 11.6. The molecule has 2 rings (SSSR count). The first kappa shape index (κ1) is 12.2. The Hall–Kier alpha value is -2.29. The molecule has 1 amide bonds. The molecular weight excluding hydrogens is 226 g/mol. The van der Waals surface area contributed by atoms with E-state index in [4.69, 9.17) is 4.74 Å². The molecular formula is C15H15NO2.